The molecular formula is C37H71F3O9Si3. The van der Waals surface area contributed by atoms with Gasteiger partial charge in [0.05, 0.1) is 69.2 Å². The summed E-state index contributed by atoms with van der Waals surface area (Å²) >= 11 is 0. The van der Waals surface area contributed by atoms with Gasteiger partial charge in [0.2, 0.25) is 0 Å². The third kappa shape index (κ3) is 21.0. The molecule has 4 aliphatic rings. The molecule has 4 fully saturated rings. The van der Waals surface area contributed by atoms with Crippen molar-refractivity contribution in [1.82, 2.24) is 0 Å². The predicted molar refractivity (Wildman–Crippen MR) is 207 cm³/mol. The number of halogens is 3. The molecule has 9 unspecified atom stereocenters. The van der Waals surface area contributed by atoms with Crippen LogP contribution in [0.15, 0.2) is 0 Å². The molecule has 2 N–H and O–H groups in total. The molecule has 1 saturated heterocycles. The number of aliphatic hydroxyl groups excluding tert-OH is 2. The van der Waals surface area contributed by atoms with Gasteiger partial charge in [0, 0.05) is 24.2 Å². The van der Waals surface area contributed by atoms with E-state index in [2.05, 4.69) is 58.9 Å². The number of hydrogen-bond donors (Lipinski definition) is 2. The fourth-order valence-electron chi connectivity index (χ4n) is 5.98. The Morgan fingerprint density at radius 2 is 0.923 bits per heavy atom. The molecule has 9 nitrogen and oxygen atoms in total. The van der Waals surface area contributed by atoms with Crippen LogP contribution in [-0.2, 0) is 33.3 Å². The zero-order chi connectivity index (χ0) is 39.9. The van der Waals surface area contributed by atoms with E-state index >= 15 is 0 Å². The van der Waals surface area contributed by atoms with E-state index in [0.717, 1.165) is 37.4 Å². The first-order chi connectivity index (χ1) is 24.0. The van der Waals surface area contributed by atoms with Gasteiger partial charge in [0.25, 0.3) is 0 Å². The van der Waals surface area contributed by atoms with Gasteiger partial charge in [-0.1, -0.05) is 58.9 Å². The first kappa shape index (κ1) is 48.8. The summed E-state index contributed by atoms with van der Waals surface area (Å²) in [4.78, 5) is 35.2. The topological polar surface area (TPSA) is 132 Å². The van der Waals surface area contributed by atoms with Crippen molar-refractivity contribution in [3.63, 3.8) is 0 Å². The second kappa shape index (κ2) is 23.0. The number of epoxide rings is 1. The van der Waals surface area contributed by atoms with Crippen molar-refractivity contribution in [2.24, 2.45) is 17.8 Å². The number of hydrogen-bond acceptors (Lipinski definition) is 9. The molecule has 3 saturated carbocycles. The molecule has 0 radical (unpaired) electrons. The van der Waals surface area contributed by atoms with Crippen molar-refractivity contribution in [3.05, 3.63) is 0 Å². The van der Waals surface area contributed by atoms with Gasteiger partial charge in [-0.2, -0.15) is 0 Å². The Kier molecular flexibility index (Phi) is 21.5. The van der Waals surface area contributed by atoms with Gasteiger partial charge in [-0.05, 0) is 75.9 Å². The highest BCUT2D eigenvalue weighted by Crippen LogP contribution is 2.40. The molecule has 306 valence electrons. The van der Waals surface area contributed by atoms with Crippen molar-refractivity contribution in [2.75, 3.05) is 27.0 Å². The largest absolute Gasteiger partial charge is 0.466 e. The molecule has 4 rings (SSSR count). The van der Waals surface area contributed by atoms with E-state index < -0.39 is 48.8 Å². The maximum atomic E-state index is 13.2. The van der Waals surface area contributed by atoms with Crippen LogP contribution in [0, 0.1) is 17.8 Å². The van der Waals surface area contributed by atoms with E-state index in [1.807, 2.05) is 0 Å². The highest BCUT2D eigenvalue weighted by atomic mass is 28.3. The molecular weight excluding hydrogens is 730 g/mol. The van der Waals surface area contributed by atoms with Crippen molar-refractivity contribution >= 4 is 42.1 Å². The molecule has 9 atom stereocenters. The van der Waals surface area contributed by atoms with Crippen LogP contribution in [0.2, 0.25) is 77.1 Å². The minimum absolute atomic E-state index is 0.00667. The third-order valence-electron chi connectivity index (χ3n) is 9.77. The first-order valence-corrected chi connectivity index (χ1v) is 30.3. The van der Waals surface area contributed by atoms with Crippen LogP contribution >= 0.6 is 0 Å². The Hall–Kier alpha value is -1.27. The predicted octanol–water partition coefficient (Wildman–Crippen LogP) is 7.75. The molecule has 52 heavy (non-hydrogen) atoms. The summed E-state index contributed by atoms with van der Waals surface area (Å²) in [6, 6.07) is 2.95. The SMILES string of the molecule is CF.C[Si](C)(C)CCOC(=O)C1CCC(F)C(O)C1.C[Si](C)(C)CCOC(=O)C1CCC(O)C(F)C1.C[Si](C)(C)CCOC(=O)C1CCC2OC2C1. The number of fused-ring (bicyclic) bond motifs is 1. The Morgan fingerprint density at radius 1 is 0.538 bits per heavy atom. The van der Waals surface area contributed by atoms with Gasteiger partial charge in [-0.15, -0.1) is 0 Å². The van der Waals surface area contributed by atoms with Crippen LogP contribution in [0.4, 0.5) is 13.2 Å². The second-order valence-electron chi connectivity index (χ2n) is 18.3. The average Bonchev–Trinajstić information content (AvgIpc) is 3.82. The number of carbonyl (C=O) groups excluding carboxylic acids is 3. The van der Waals surface area contributed by atoms with E-state index in [0.29, 0.717) is 58.5 Å². The van der Waals surface area contributed by atoms with Crippen LogP contribution < -0.4 is 0 Å². The van der Waals surface area contributed by atoms with E-state index in [1.165, 1.54) is 0 Å². The van der Waals surface area contributed by atoms with Crippen LogP contribution in [0.3, 0.4) is 0 Å². The average molecular weight is 801 g/mol. The maximum Gasteiger partial charge on any atom is 0.309 e. The van der Waals surface area contributed by atoms with Crippen LogP contribution in [0.5, 0.6) is 0 Å². The highest BCUT2D eigenvalue weighted by molar-refractivity contribution is 6.76. The number of aliphatic hydroxyl groups is 2. The van der Waals surface area contributed by atoms with Gasteiger partial charge in [-0.3, -0.25) is 18.8 Å². The van der Waals surface area contributed by atoms with Gasteiger partial charge >= 0.3 is 17.9 Å². The molecule has 1 aliphatic heterocycles. The second-order valence-corrected chi connectivity index (χ2v) is 35.2. The van der Waals surface area contributed by atoms with Gasteiger partial charge in [0.15, 0.2) is 0 Å². The summed E-state index contributed by atoms with van der Waals surface area (Å²) < 4.78 is 56.9. The summed E-state index contributed by atoms with van der Waals surface area (Å²) in [6.07, 6.45) is 1.29. The first-order valence-electron chi connectivity index (χ1n) is 19.2. The molecule has 15 heteroatoms. The Labute approximate surface area is 314 Å². The molecule has 0 amide bonds. The molecule has 1 heterocycles. The van der Waals surface area contributed by atoms with Crippen molar-refractivity contribution in [1.29, 1.82) is 0 Å². The quantitative estimate of drug-likeness (QED) is 0.0881. The van der Waals surface area contributed by atoms with E-state index in [4.69, 9.17) is 18.9 Å². The van der Waals surface area contributed by atoms with Crippen LogP contribution in [0.1, 0.15) is 57.8 Å². The van der Waals surface area contributed by atoms with Gasteiger partial charge in [-0.25, -0.2) is 8.78 Å². The van der Waals surface area contributed by atoms with E-state index in [1.54, 1.807) is 0 Å². The Bertz CT molecular complexity index is 1010. The third-order valence-corrected chi connectivity index (χ3v) is 14.9. The fraction of sp³-hybridized carbons (Fsp3) is 0.919. The van der Waals surface area contributed by atoms with Crippen LogP contribution in [0.25, 0.3) is 0 Å². The minimum atomic E-state index is -1.28. The van der Waals surface area contributed by atoms with E-state index in [9.17, 15) is 37.8 Å². The highest BCUT2D eigenvalue weighted by Gasteiger charge is 2.46. The summed E-state index contributed by atoms with van der Waals surface area (Å²) in [6.45, 7) is 21.7. The summed E-state index contributed by atoms with van der Waals surface area (Å²) in [5.41, 5.74) is 0. The lowest BCUT2D eigenvalue weighted by Gasteiger charge is -2.27. The summed E-state index contributed by atoms with van der Waals surface area (Å²) in [7, 11) is -2.95. The zero-order valence-electron chi connectivity index (χ0n) is 33.7. The van der Waals surface area contributed by atoms with Crippen molar-refractivity contribution < 1.29 is 56.7 Å². The lowest BCUT2D eigenvalue weighted by molar-refractivity contribution is -0.152. The minimum Gasteiger partial charge on any atom is -0.466 e. The smallest absolute Gasteiger partial charge is 0.309 e. The number of rotatable bonds is 12. The number of ether oxygens (including phenoxy) is 4. The molecule has 0 aromatic rings. The molecule has 3 aliphatic carbocycles. The van der Waals surface area contributed by atoms with Gasteiger partial charge < -0.3 is 29.2 Å². The number of carbonyl (C=O) groups is 3. The van der Waals surface area contributed by atoms with Gasteiger partial charge in [0.1, 0.15) is 12.3 Å². The molecule has 0 aromatic carbocycles. The van der Waals surface area contributed by atoms with Crippen molar-refractivity contribution in [3.8, 4) is 0 Å². The van der Waals surface area contributed by atoms with Crippen molar-refractivity contribution in [2.45, 2.75) is 172 Å². The summed E-state index contributed by atoms with van der Waals surface area (Å²) in [5.74, 6) is -1.14. The standard InChI is InChI=1S/2C12H23FO3Si.C12H22O3Si.CH3F/c1-17(2,3)7-6-16-12(15)9-4-5-11(14)10(13)8-9;1-17(2,3)7-6-16-12(15)9-4-5-10(13)11(14)8-9;1-16(2,3)7-6-14-12(13)9-4-5-10-11(8-9)15-10;1-2/h2*9-11,14H,4-8H2,1-3H3;9-11H,4-8H2,1-3H3;1H3. The normalized spacial score (nSPS) is 29.9. The number of esters is 3. The lowest BCUT2D eigenvalue weighted by Crippen LogP contribution is -2.35. The van der Waals surface area contributed by atoms with Crippen LogP contribution in [-0.4, -0.2) is 116 Å². The zero-order valence-corrected chi connectivity index (χ0v) is 36.7. The Balaban J connectivity index is 0.000000381. The fourth-order valence-corrected chi connectivity index (χ4v) is 8.13. The monoisotopic (exact) mass is 800 g/mol. The summed E-state index contributed by atoms with van der Waals surface area (Å²) in [5, 5.41) is 18.6. The number of alkyl halides is 3. The lowest BCUT2D eigenvalue weighted by atomic mass is 9.86. The Morgan fingerprint density at radius 3 is 1.31 bits per heavy atom. The van der Waals surface area contributed by atoms with E-state index in [-0.39, 0.29) is 54.9 Å². The maximum absolute atomic E-state index is 13.2. The molecule has 0 bridgehead atoms. The molecule has 0 aromatic heterocycles. The molecule has 0 spiro atoms.